The Balaban J connectivity index is 1.52. The van der Waals surface area contributed by atoms with Crippen molar-refractivity contribution in [3.63, 3.8) is 0 Å². The first kappa shape index (κ1) is 18.7. The quantitative estimate of drug-likeness (QED) is 0.742. The first-order valence-corrected chi connectivity index (χ1v) is 10.2. The third-order valence-corrected chi connectivity index (χ3v) is 5.48. The van der Waals surface area contributed by atoms with Crippen molar-refractivity contribution in [2.75, 3.05) is 13.7 Å². The van der Waals surface area contributed by atoms with Crippen LogP contribution in [0.4, 0.5) is 0 Å². The maximum atomic E-state index is 12.4. The van der Waals surface area contributed by atoms with Gasteiger partial charge in [0.1, 0.15) is 6.61 Å². The number of hydrogen-bond acceptors (Lipinski definition) is 5. The second kappa shape index (κ2) is 9.57. The Morgan fingerprint density at radius 1 is 1.27 bits per heavy atom. The Hall–Kier alpha value is -2.08. The van der Waals surface area contributed by atoms with E-state index in [1.54, 1.807) is 30.8 Å². The molecule has 140 valence electrons. The molecule has 1 aliphatic carbocycles. The van der Waals surface area contributed by atoms with Crippen molar-refractivity contribution in [1.29, 1.82) is 0 Å². The highest BCUT2D eigenvalue weighted by atomic mass is 32.1. The number of nitrogens with one attached hydrogen (secondary N) is 1. The summed E-state index contributed by atoms with van der Waals surface area (Å²) >= 11 is 1.53. The van der Waals surface area contributed by atoms with Crippen LogP contribution in [0, 0.1) is 5.92 Å². The highest BCUT2D eigenvalue weighted by Crippen LogP contribution is 2.29. The number of hydrogen-bond donors (Lipinski definition) is 1. The van der Waals surface area contributed by atoms with Crippen LogP contribution in [0.2, 0.25) is 0 Å². The van der Waals surface area contributed by atoms with Crippen molar-refractivity contribution >= 4 is 17.2 Å². The summed E-state index contributed by atoms with van der Waals surface area (Å²) in [6, 6.07) is 5.28. The molecule has 1 fully saturated rings. The van der Waals surface area contributed by atoms with Gasteiger partial charge in [-0.3, -0.25) is 4.79 Å². The maximum absolute atomic E-state index is 12.4. The fourth-order valence-electron chi connectivity index (χ4n) is 3.36. The van der Waals surface area contributed by atoms with Crippen LogP contribution in [0.15, 0.2) is 29.1 Å². The van der Waals surface area contributed by atoms with Crippen LogP contribution < -0.4 is 14.8 Å². The van der Waals surface area contributed by atoms with Crippen LogP contribution in [0.1, 0.15) is 54.6 Å². The summed E-state index contributed by atoms with van der Waals surface area (Å²) < 4.78 is 11.1. The van der Waals surface area contributed by atoms with Gasteiger partial charge in [-0.1, -0.05) is 32.1 Å². The van der Waals surface area contributed by atoms with Gasteiger partial charge in [0.05, 0.1) is 18.3 Å². The molecule has 1 aromatic carbocycles. The van der Waals surface area contributed by atoms with E-state index in [0.717, 1.165) is 24.6 Å². The van der Waals surface area contributed by atoms with Gasteiger partial charge in [0, 0.05) is 17.5 Å². The fourth-order valence-corrected chi connectivity index (χ4v) is 3.90. The van der Waals surface area contributed by atoms with Crippen LogP contribution in [0.5, 0.6) is 11.5 Å². The van der Waals surface area contributed by atoms with Gasteiger partial charge >= 0.3 is 0 Å². The van der Waals surface area contributed by atoms with E-state index in [1.165, 1.54) is 43.4 Å². The summed E-state index contributed by atoms with van der Waals surface area (Å²) in [5.41, 5.74) is 3.24. The SMILES string of the molecule is COc1cc(C(=O)NCCC2CCCCC2)ccc1OCc1cscn1. The summed E-state index contributed by atoms with van der Waals surface area (Å²) in [6.07, 6.45) is 7.69. The van der Waals surface area contributed by atoms with E-state index in [1.807, 2.05) is 5.38 Å². The number of benzene rings is 1. The zero-order valence-corrected chi connectivity index (χ0v) is 16.0. The number of carbonyl (C=O) groups excluding carboxylic acids is 1. The minimum atomic E-state index is -0.0647. The summed E-state index contributed by atoms with van der Waals surface area (Å²) in [7, 11) is 1.58. The van der Waals surface area contributed by atoms with E-state index < -0.39 is 0 Å². The molecule has 0 atom stereocenters. The number of carbonyl (C=O) groups is 1. The van der Waals surface area contributed by atoms with Gasteiger partial charge in [-0.2, -0.15) is 0 Å². The van der Waals surface area contributed by atoms with Crippen molar-refractivity contribution in [3.05, 3.63) is 40.3 Å². The van der Waals surface area contributed by atoms with E-state index in [9.17, 15) is 4.79 Å². The fraction of sp³-hybridized carbons (Fsp3) is 0.500. The minimum absolute atomic E-state index is 0.0647. The molecule has 5 nitrogen and oxygen atoms in total. The first-order chi connectivity index (χ1) is 12.8. The summed E-state index contributed by atoms with van der Waals surface area (Å²) in [5, 5.41) is 4.97. The van der Waals surface area contributed by atoms with Gasteiger partial charge in [0.2, 0.25) is 0 Å². The van der Waals surface area contributed by atoms with Crippen molar-refractivity contribution < 1.29 is 14.3 Å². The molecule has 1 aromatic heterocycles. The van der Waals surface area contributed by atoms with Crippen LogP contribution in [-0.4, -0.2) is 24.5 Å². The Labute approximate surface area is 158 Å². The molecule has 0 saturated heterocycles. The number of aromatic nitrogens is 1. The van der Waals surface area contributed by atoms with E-state index >= 15 is 0 Å². The molecule has 0 unspecified atom stereocenters. The molecule has 0 radical (unpaired) electrons. The molecule has 1 N–H and O–H groups in total. The molecular weight excluding hydrogens is 348 g/mol. The molecule has 3 rings (SSSR count). The molecule has 1 heterocycles. The average molecular weight is 375 g/mol. The zero-order chi connectivity index (χ0) is 18.2. The van der Waals surface area contributed by atoms with E-state index in [2.05, 4.69) is 10.3 Å². The summed E-state index contributed by atoms with van der Waals surface area (Å²) in [5.74, 6) is 1.87. The highest BCUT2D eigenvalue weighted by molar-refractivity contribution is 7.07. The predicted octanol–water partition coefficient (Wildman–Crippen LogP) is 4.43. The molecule has 0 aliphatic heterocycles. The maximum Gasteiger partial charge on any atom is 0.251 e. The number of ether oxygens (including phenoxy) is 2. The zero-order valence-electron chi connectivity index (χ0n) is 15.2. The predicted molar refractivity (Wildman–Crippen MR) is 103 cm³/mol. The van der Waals surface area contributed by atoms with Crippen molar-refractivity contribution in [2.45, 2.75) is 45.1 Å². The first-order valence-electron chi connectivity index (χ1n) is 9.22. The Morgan fingerprint density at radius 2 is 2.12 bits per heavy atom. The van der Waals surface area contributed by atoms with Gasteiger partial charge in [-0.05, 0) is 30.5 Å². The highest BCUT2D eigenvalue weighted by Gasteiger charge is 2.15. The third-order valence-electron chi connectivity index (χ3n) is 4.85. The lowest BCUT2D eigenvalue weighted by Crippen LogP contribution is -2.26. The molecular formula is C20H26N2O3S. The average Bonchev–Trinajstić information content (AvgIpc) is 3.20. The second-order valence-electron chi connectivity index (χ2n) is 6.68. The van der Waals surface area contributed by atoms with Gasteiger partial charge in [0.15, 0.2) is 11.5 Å². The lowest BCUT2D eigenvalue weighted by atomic mass is 9.87. The molecule has 2 aromatic rings. The van der Waals surface area contributed by atoms with Crippen LogP contribution in [0.25, 0.3) is 0 Å². The topological polar surface area (TPSA) is 60.5 Å². The van der Waals surface area contributed by atoms with Gasteiger partial charge in [0.25, 0.3) is 5.91 Å². The Morgan fingerprint density at radius 3 is 2.85 bits per heavy atom. The molecule has 1 aliphatic rings. The van der Waals surface area contributed by atoms with Gasteiger partial charge in [-0.25, -0.2) is 4.98 Å². The molecule has 26 heavy (non-hydrogen) atoms. The third kappa shape index (κ3) is 5.21. The number of thiazole rings is 1. The molecule has 6 heteroatoms. The molecule has 1 amide bonds. The lowest BCUT2D eigenvalue weighted by molar-refractivity contribution is 0.0950. The van der Waals surface area contributed by atoms with Crippen LogP contribution in [-0.2, 0) is 6.61 Å². The number of amides is 1. The number of methoxy groups -OCH3 is 1. The molecule has 0 bridgehead atoms. The summed E-state index contributed by atoms with van der Waals surface area (Å²) in [4.78, 5) is 16.6. The van der Waals surface area contributed by atoms with E-state index in [0.29, 0.717) is 23.7 Å². The van der Waals surface area contributed by atoms with Gasteiger partial charge < -0.3 is 14.8 Å². The standard InChI is InChI=1S/C20H26N2O3S/c1-24-19-11-16(7-8-18(19)25-12-17-13-26-14-22-17)20(23)21-10-9-15-5-3-2-4-6-15/h7-8,11,13-15H,2-6,9-10,12H2,1H3,(H,21,23). The van der Waals surface area contributed by atoms with Crippen molar-refractivity contribution in [2.24, 2.45) is 5.92 Å². The monoisotopic (exact) mass is 374 g/mol. The largest absolute Gasteiger partial charge is 0.493 e. The van der Waals surface area contributed by atoms with Crippen LogP contribution >= 0.6 is 11.3 Å². The lowest BCUT2D eigenvalue weighted by Gasteiger charge is -2.21. The molecule has 0 spiro atoms. The summed E-state index contributed by atoms with van der Waals surface area (Å²) in [6.45, 7) is 1.11. The van der Waals surface area contributed by atoms with E-state index in [-0.39, 0.29) is 5.91 Å². The van der Waals surface area contributed by atoms with Crippen molar-refractivity contribution in [1.82, 2.24) is 10.3 Å². The second-order valence-corrected chi connectivity index (χ2v) is 7.40. The minimum Gasteiger partial charge on any atom is -0.493 e. The van der Waals surface area contributed by atoms with Crippen molar-refractivity contribution in [3.8, 4) is 11.5 Å². The van der Waals surface area contributed by atoms with Crippen LogP contribution in [0.3, 0.4) is 0 Å². The smallest absolute Gasteiger partial charge is 0.251 e. The van der Waals surface area contributed by atoms with E-state index in [4.69, 9.17) is 9.47 Å². The molecule has 1 saturated carbocycles. The number of rotatable bonds is 8. The normalized spacial score (nSPS) is 14.8. The Bertz CT molecular complexity index is 697. The Kier molecular flexibility index (Phi) is 6.89. The van der Waals surface area contributed by atoms with Gasteiger partial charge in [-0.15, -0.1) is 11.3 Å². The number of nitrogens with zero attached hydrogens (tertiary/aromatic N) is 1.